The van der Waals surface area contributed by atoms with Gasteiger partial charge in [0.15, 0.2) is 0 Å². The molecular weight excluding hydrogens is 246 g/mol. The van der Waals surface area contributed by atoms with Crippen LogP contribution in [0.1, 0.15) is 73.4 Å². The van der Waals surface area contributed by atoms with E-state index in [1.54, 1.807) is 0 Å². The van der Waals surface area contributed by atoms with Crippen molar-refractivity contribution in [2.75, 3.05) is 0 Å². The molecule has 20 heavy (non-hydrogen) atoms. The van der Waals surface area contributed by atoms with Crippen molar-refractivity contribution in [3.05, 3.63) is 28.6 Å². The normalized spacial score (nSPS) is 13.4. The molecule has 0 aliphatic carbocycles. The summed E-state index contributed by atoms with van der Waals surface area (Å²) in [6.45, 7) is 18.8. The van der Waals surface area contributed by atoms with Crippen LogP contribution in [0, 0.1) is 0 Å². The fourth-order valence-electron chi connectivity index (χ4n) is 2.05. The van der Waals surface area contributed by atoms with Gasteiger partial charge in [-0.15, -0.1) is 17.0 Å². The van der Waals surface area contributed by atoms with Crippen LogP contribution in [0.5, 0.6) is 5.75 Å². The highest BCUT2D eigenvalue weighted by Gasteiger charge is 2.20. The molecule has 0 radical (unpaired) electrons. The minimum atomic E-state index is -0.245. The third-order valence-corrected chi connectivity index (χ3v) is 3.20. The summed E-state index contributed by atoms with van der Waals surface area (Å²) in [5.41, 5.74) is 2.22. The molecule has 0 atom stereocenters. The van der Waals surface area contributed by atoms with E-state index in [-0.39, 0.29) is 22.1 Å². The van der Waals surface area contributed by atoms with E-state index in [9.17, 15) is 5.11 Å². The molecule has 0 spiro atoms. The molecular formula is C18H29NO-2. The van der Waals surface area contributed by atoms with Crippen molar-refractivity contribution in [1.82, 2.24) is 0 Å². The molecule has 0 unspecified atom stereocenters. The van der Waals surface area contributed by atoms with Gasteiger partial charge in [0, 0.05) is 0 Å². The van der Waals surface area contributed by atoms with E-state index >= 15 is 0 Å². The van der Waals surface area contributed by atoms with Gasteiger partial charge in [0.25, 0.3) is 0 Å². The first-order chi connectivity index (χ1) is 8.72. The average molecular weight is 275 g/mol. The maximum atomic E-state index is 12.7. The van der Waals surface area contributed by atoms with Gasteiger partial charge < -0.3 is 10.4 Å². The molecule has 0 bridgehead atoms. The molecule has 0 fully saturated rings. The Balaban J connectivity index is 3.51. The van der Waals surface area contributed by atoms with Crippen LogP contribution >= 0.6 is 0 Å². The maximum Gasteiger partial charge on any atom is -0.0132 e. The largest absolute Gasteiger partial charge is 0.873 e. The fourth-order valence-corrected chi connectivity index (χ4v) is 2.05. The highest BCUT2D eigenvalue weighted by atomic mass is 16.3. The van der Waals surface area contributed by atoms with Crippen LogP contribution < -0.4 is 5.11 Å². The third kappa shape index (κ3) is 4.16. The van der Waals surface area contributed by atoms with Crippen LogP contribution in [-0.2, 0) is 10.8 Å². The van der Waals surface area contributed by atoms with Crippen molar-refractivity contribution in [1.29, 1.82) is 0 Å². The van der Waals surface area contributed by atoms with E-state index in [0.29, 0.717) is 5.69 Å². The number of rotatable bonds is 1. The Morgan fingerprint density at radius 3 is 1.65 bits per heavy atom. The zero-order valence-electron chi connectivity index (χ0n) is 14.5. The molecule has 0 heterocycles. The number of hydrogen-bond donors (Lipinski definition) is 0. The second-order valence-electron chi connectivity index (χ2n) is 8.65. The molecule has 0 aliphatic heterocycles. The van der Waals surface area contributed by atoms with Crippen LogP contribution in [0.25, 0.3) is 5.32 Å². The quantitative estimate of drug-likeness (QED) is 0.697. The van der Waals surface area contributed by atoms with Gasteiger partial charge in [-0.05, 0) is 16.4 Å². The fraction of sp³-hybridized carbons (Fsp3) is 0.667. The topological polar surface area (TPSA) is 37.2 Å². The first-order valence-corrected chi connectivity index (χ1v) is 7.31. The number of nitrogens with zero attached hydrogens (tertiary/aromatic N) is 1. The highest BCUT2D eigenvalue weighted by Crippen LogP contribution is 2.43. The lowest BCUT2D eigenvalue weighted by Crippen LogP contribution is -2.20. The molecule has 2 nitrogen and oxygen atoms in total. The summed E-state index contributed by atoms with van der Waals surface area (Å²) in [6.07, 6.45) is 0. The zero-order valence-corrected chi connectivity index (χ0v) is 14.5. The Bertz CT molecular complexity index is 482. The van der Waals surface area contributed by atoms with Gasteiger partial charge in [-0.1, -0.05) is 80.0 Å². The summed E-state index contributed by atoms with van der Waals surface area (Å²) in [4.78, 5) is 0. The highest BCUT2D eigenvalue weighted by molar-refractivity contribution is 5.67. The van der Waals surface area contributed by atoms with Crippen LogP contribution in [0.3, 0.4) is 0 Å². The molecule has 0 saturated carbocycles. The van der Waals surface area contributed by atoms with Crippen molar-refractivity contribution in [3.63, 3.8) is 0 Å². The Kier molecular flexibility index (Phi) is 4.20. The van der Waals surface area contributed by atoms with E-state index in [2.05, 4.69) is 52.9 Å². The van der Waals surface area contributed by atoms with Crippen molar-refractivity contribution in [3.8, 4) is 5.75 Å². The predicted octanol–water partition coefficient (Wildman–Crippen LogP) is 5.16. The predicted molar refractivity (Wildman–Crippen MR) is 86.1 cm³/mol. The van der Waals surface area contributed by atoms with Gasteiger partial charge in [0.05, 0.1) is 0 Å². The van der Waals surface area contributed by atoms with Crippen molar-refractivity contribution >= 4 is 5.69 Å². The van der Waals surface area contributed by atoms with E-state index in [1.807, 2.05) is 26.8 Å². The lowest BCUT2D eigenvalue weighted by Gasteiger charge is -2.44. The molecule has 2 heteroatoms. The van der Waals surface area contributed by atoms with Crippen LogP contribution in [0.4, 0.5) is 5.69 Å². The van der Waals surface area contributed by atoms with Crippen molar-refractivity contribution in [2.45, 2.75) is 78.7 Å². The Hall–Kier alpha value is -1.18. The molecule has 0 saturated heterocycles. The van der Waals surface area contributed by atoms with Gasteiger partial charge >= 0.3 is 0 Å². The first-order valence-electron chi connectivity index (χ1n) is 7.31. The van der Waals surface area contributed by atoms with Gasteiger partial charge in [-0.2, -0.15) is 0 Å². The maximum absolute atomic E-state index is 12.7. The Morgan fingerprint density at radius 1 is 0.800 bits per heavy atom. The summed E-state index contributed by atoms with van der Waals surface area (Å²) in [5.74, 6) is 0.0698. The van der Waals surface area contributed by atoms with E-state index < -0.39 is 0 Å². The van der Waals surface area contributed by atoms with Gasteiger partial charge in [0.1, 0.15) is 0 Å². The summed E-state index contributed by atoms with van der Waals surface area (Å²) in [7, 11) is 0. The molecule has 0 N–H and O–H groups in total. The van der Waals surface area contributed by atoms with Crippen molar-refractivity contribution in [2.24, 2.45) is 0 Å². The van der Waals surface area contributed by atoms with E-state index in [0.717, 1.165) is 5.56 Å². The Labute approximate surface area is 124 Å². The molecule has 0 aliphatic rings. The van der Waals surface area contributed by atoms with Crippen LogP contribution in [-0.4, -0.2) is 5.54 Å². The second kappa shape index (κ2) is 4.98. The smallest absolute Gasteiger partial charge is 0.0132 e. The zero-order chi connectivity index (χ0) is 15.9. The van der Waals surface area contributed by atoms with Gasteiger partial charge in [-0.3, -0.25) is 0 Å². The van der Waals surface area contributed by atoms with Crippen LogP contribution in [0.15, 0.2) is 12.1 Å². The molecule has 114 valence electrons. The number of hydrogen-bond acceptors (Lipinski definition) is 1. The molecule has 1 aromatic rings. The molecule has 1 rings (SSSR count). The minimum absolute atomic E-state index is 0.00978. The lowest BCUT2D eigenvalue weighted by molar-refractivity contribution is -0.268. The average Bonchev–Trinajstić information content (AvgIpc) is 2.15. The van der Waals surface area contributed by atoms with E-state index in [1.165, 1.54) is 5.56 Å². The Morgan fingerprint density at radius 2 is 1.30 bits per heavy atom. The summed E-state index contributed by atoms with van der Waals surface area (Å²) < 4.78 is 0. The van der Waals surface area contributed by atoms with Gasteiger partial charge in [-0.25, -0.2) is 0 Å². The lowest BCUT2D eigenvalue weighted by atomic mass is 9.79. The van der Waals surface area contributed by atoms with Crippen LogP contribution in [0.2, 0.25) is 0 Å². The van der Waals surface area contributed by atoms with E-state index in [4.69, 9.17) is 0 Å². The molecule has 0 aromatic heterocycles. The standard InChI is InChI=1S/C18H30NO/c1-16(2,3)12-10-13(17(4,5)6)15(20)14(11-12)19-18(7,8)9/h10-11,20H,1-9H3/q-1/p-1. The first kappa shape index (κ1) is 16.9. The third-order valence-electron chi connectivity index (χ3n) is 3.20. The summed E-state index contributed by atoms with van der Waals surface area (Å²) >= 11 is 0. The minimum Gasteiger partial charge on any atom is -0.873 e. The monoisotopic (exact) mass is 275 g/mol. The molecule has 1 aromatic carbocycles. The SMILES string of the molecule is CC(C)(C)[N-]c1cc(C(C)(C)C)cc(C(C)(C)C)c1[O-]. The number of benzene rings is 1. The summed E-state index contributed by atoms with van der Waals surface area (Å²) in [6, 6.07) is 4.02. The van der Waals surface area contributed by atoms with Crippen molar-refractivity contribution < 1.29 is 5.11 Å². The summed E-state index contributed by atoms with van der Waals surface area (Å²) in [5, 5.41) is 17.3. The second-order valence-corrected chi connectivity index (χ2v) is 8.65. The van der Waals surface area contributed by atoms with Gasteiger partial charge in [0.2, 0.25) is 0 Å². The molecule has 0 amide bonds.